The van der Waals surface area contributed by atoms with Gasteiger partial charge < -0.3 is 15.0 Å². The highest BCUT2D eigenvalue weighted by molar-refractivity contribution is 8.00. The number of aromatic nitrogens is 3. The minimum Gasteiger partial charge on any atom is -0.495 e. The smallest absolute Gasteiger partial charge is 0.233 e. The Morgan fingerprint density at radius 3 is 2.42 bits per heavy atom. The number of anilines is 1. The third kappa shape index (κ3) is 5.33. The number of carbonyl (C=O) groups is 1. The van der Waals surface area contributed by atoms with Gasteiger partial charge >= 0.3 is 0 Å². The molecule has 2 unspecified atom stereocenters. The standard InChI is InChI=1S/C25H31N5O2S/c1-18(20-12-6-4-7-13-20)26-23(31)19(2)33-25-28-27-24(29-16-10-5-11-17-29)30(25)21-14-8-9-15-22(21)32-3/h4,6-9,12-15,18-19H,5,10-11,16-17H2,1-3H3,(H,26,31). The second kappa shape index (κ2) is 10.7. The summed E-state index contributed by atoms with van der Waals surface area (Å²) in [6.07, 6.45) is 3.51. The van der Waals surface area contributed by atoms with Crippen LogP contribution in [0.2, 0.25) is 0 Å². The average Bonchev–Trinajstić information content (AvgIpc) is 3.28. The number of hydrogen-bond donors (Lipinski definition) is 1. The maximum Gasteiger partial charge on any atom is 0.233 e. The molecule has 7 nitrogen and oxygen atoms in total. The molecule has 8 heteroatoms. The Kier molecular flexibility index (Phi) is 7.54. The number of ether oxygens (including phenoxy) is 1. The van der Waals surface area contributed by atoms with E-state index in [0.717, 1.165) is 48.9 Å². The number of thioether (sulfide) groups is 1. The lowest BCUT2D eigenvalue weighted by molar-refractivity contribution is -0.120. The van der Waals surface area contributed by atoms with Crippen molar-refractivity contribution in [3.05, 3.63) is 60.2 Å². The van der Waals surface area contributed by atoms with Crippen molar-refractivity contribution in [3.8, 4) is 11.4 Å². The van der Waals surface area contributed by atoms with Crippen LogP contribution in [0.5, 0.6) is 5.75 Å². The van der Waals surface area contributed by atoms with Gasteiger partial charge in [-0.05, 0) is 50.8 Å². The molecule has 2 heterocycles. The van der Waals surface area contributed by atoms with E-state index in [0.29, 0.717) is 5.16 Å². The number of nitrogens with zero attached hydrogens (tertiary/aromatic N) is 4. The SMILES string of the molecule is COc1ccccc1-n1c(SC(C)C(=O)NC(C)c2ccccc2)nnc1N1CCCCC1. The molecule has 1 aromatic heterocycles. The lowest BCUT2D eigenvalue weighted by Gasteiger charge is -2.28. The van der Waals surface area contributed by atoms with Crippen molar-refractivity contribution in [2.75, 3.05) is 25.1 Å². The largest absolute Gasteiger partial charge is 0.495 e. The van der Waals surface area contributed by atoms with E-state index < -0.39 is 0 Å². The van der Waals surface area contributed by atoms with Gasteiger partial charge in [0, 0.05) is 13.1 Å². The van der Waals surface area contributed by atoms with Gasteiger partial charge in [0.15, 0.2) is 5.16 Å². The summed E-state index contributed by atoms with van der Waals surface area (Å²) in [6.45, 7) is 5.79. The topological polar surface area (TPSA) is 72.3 Å². The van der Waals surface area contributed by atoms with Crippen molar-refractivity contribution in [2.24, 2.45) is 0 Å². The molecule has 1 fully saturated rings. The second-order valence-corrected chi connectivity index (χ2v) is 9.55. The monoisotopic (exact) mass is 465 g/mol. The molecule has 0 radical (unpaired) electrons. The molecule has 1 aliphatic heterocycles. The Morgan fingerprint density at radius 2 is 1.70 bits per heavy atom. The van der Waals surface area contributed by atoms with E-state index in [-0.39, 0.29) is 17.2 Å². The van der Waals surface area contributed by atoms with Gasteiger partial charge in [0.05, 0.1) is 24.1 Å². The Balaban J connectivity index is 1.59. The van der Waals surface area contributed by atoms with Crippen LogP contribution in [0.3, 0.4) is 0 Å². The Bertz CT molecular complexity index is 1070. The molecule has 0 spiro atoms. The zero-order valence-corrected chi connectivity index (χ0v) is 20.2. The van der Waals surface area contributed by atoms with Crippen LogP contribution in [-0.2, 0) is 4.79 Å². The number of rotatable bonds is 8. The number of piperidine rings is 1. The molecule has 1 aliphatic rings. The first-order valence-electron chi connectivity index (χ1n) is 11.4. The average molecular weight is 466 g/mol. The normalized spacial score (nSPS) is 15.7. The van der Waals surface area contributed by atoms with Gasteiger partial charge in [0.1, 0.15) is 5.75 Å². The Labute approximate surface area is 199 Å². The predicted octanol–water partition coefficient (Wildman–Crippen LogP) is 4.62. The summed E-state index contributed by atoms with van der Waals surface area (Å²) >= 11 is 1.41. The summed E-state index contributed by atoms with van der Waals surface area (Å²) in [5.74, 6) is 1.50. The first-order chi connectivity index (χ1) is 16.1. The minimum absolute atomic E-state index is 0.0366. The molecular weight excluding hydrogens is 434 g/mol. The fraction of sp³-hybridized carbons (Fsp3) is 0.400. The maximum absolute atomic E-state index is 13.0. The number of nitrogens with one attached hydrogen (secondary N) is 1. The molecule has 2 aromatic carbocycles. The van der Waals surface area contributed by atoms with Gasteiger partial charge in [-0.2, -0.15) is 0 Å². The van der Waals surface area contributed by atoms with Gasteiger partial charge in [0.25, 0.3) is 0 Å². The summed E-state index contributed by atoms with van der Waals surface area (Å²) in [5.41, 5.74) is 1.95. The summed E-state index contributed by atoms with van der Waals surface area (Å²) in [5, 5.41) is 12.5. The van der Waals surface area contributed by atoms with E-state index in [1.165, 1.54) is 18.2 Å². The van der Waals surface area contributed by atoms with Crippen LogP contribution in [0.25, 0.3) is 5.69 Å². The van der Waals surface area contributed by atoms with Gasteiger partial charge in [0.2, 0.25) is 11.9 Å². The van der Waals surface area contributed by atoms with Crippen molar-refractivity contribution >= 4 is 23.6 Å². The van der Waals surface area contributed by atoms with Crippen LogP contribution in [-0.4, -0.2) is 46.1 Å². The van der Waals surface area contributed by atoms with E-state index >= 15 is 0 Å². The van der Waals surface area contributed by atoms with Crippen molar-refractivity contribution in [1.82, 2.24) is 20.1 Å². The van der Waals surface area contributed by atoms with Crippen LogP contribution in [0.1, 0.15) is 44.7 Å². The Morgan fingerprint density at radius 1 is 1.00 bits per heavy atom. The predicted molar refractivity (Wildman–Crippen MR) is 132 cm³/mol. The molecule has 3 aromatic rings. The zero-order valence-electron chi connectivity index (χ0n) is 19.4. The summed E-state index contributed by atoms with van der Waals surface area (Å²) < 4.78 is 7.66. The third-order valence-corrected chi connectivity index (χ3v) is 6.93. The fourth-order valence-corrected chi connectivity index (χ4v) is 4.89. The van der Waals surface area contributed by atoms with Crippen LogP contribution in [0, 0.1) is 0 Å². The first-order valence-corrected chi connectivity index (χ1v) is 12.3. The van der Waals surface area contributed by atoms with E-state index in [1.807, 2.05) is 73.0 Å². The van der Waals surface area contributed by atoms with Crippen molar-refractivity contribution in [2.45, 2.75) is 49.6 Å². The van der Waals surface area contributed by atoms with Crippen LogP contribution >= 0.6 is 11.8 Å². The number of carbonyl (C=O) groups excluding carboxylic acids is 1. The molecule has 4 rings (SSSR count). The minimum atomic E-state index is -0.344. The van der Waals surface area contributed by atoms with Crippen molar-refractivity contribution in [1.29, 1.82) is 0 Å². The van der Waals surface area contributed by atoms with E-state index in [2.05, 4.69) is 20.4 Å². The van der Waals surface area contributed by atoms with E-state index in [9.17, 15) is 4.79 Å². The molecule has 0 bridgehead atoms. The molecule has 0 aliphatic carbocycles. The molecule has 0 saturated carbocycles. The summed E-state index contributed by atoms with van der Waals surface area (Å²) in [7, 11) is 1.66. The molecule has 33 heavy (non-hydrogen) atoms. The highest BCUT2D eigenvalue weighted by Gasteiger charge is 2.26. The molecule has 174 valence electrons. The van der Waals surface area contributed by atoms with E-state index in [1.54, 1.807) is 7.11 Å². The number of amides is 1. The molecule has 2 atom stereocenters. The third-order valence-electron chi connectivity index (χ3n) is 5.89. The van der Waals surface area contributed by atoms with Gasteiger partial charge in [-0.3, -0.25) is 9.36 Å². The molecule has 1 amide bonds. The summed E-state index contributed by atoms with van der Waals surface area (Å²) in [4.78, 5) is 15.3. The number of para-hydroxylation sites is 2. The van der Waals surface area contributed by atoms with E-state index in [4.69, 9.17) is 4.74 Å². The van der Waals surface area contributed by atoms with Crippen LogP contribution < -0.4 is 15.0 Å². The number of hydrogen-bond acceptors (Lipinski definition) is 6. The fourth-order valence-electron chi connectivity index (χ4n) is 4.03. The van der Waals surface area contributed by atoms with Crippen molar-refractivity contribution in [3.63, 3.8) is 0 Å². The number of methoxy groups -OCH3 is 1. The molecular formula is C25H31N5O2S. The quantitative estimate of drug-likeness (QED) is 0.489. The first kappa shape index (κ1) is 23.2. The van der Waals surface area contributed by atoms with Gasteiger partial charge in [-0.25, -0.2) is 0 Å². The zero-order chi connectivity index (χ0) is 23.2. The molecule has 1 saturated heterocycles. The number of benzene rings is 2. The Hall–Kier alpha value is -3.00. The maximum atomic E-state index is 13.0. The summed E-state index contributed by atoms with van der Waals surface area (Å²) in [6, 6.07) is 17.8. The van der Waals surface area contributed by atoms with Gasteiger partial charge in [-0.1, -0.05) is 54.2 Å². The van der Waals surface area contributed by atoms with Gasteiger partial charge in [-0.15, -0.1) is 10.2 Å². The van der Waals surface area contributed by atoms with Crippen LogP contribution in [0.4, 0.5) is 5.95 Å². The lowest BCUT2D eigenvalue weighted by Crippen LogP contribution is -2.33. The second-order valence-electron chi connectivity index (χ2n) is 8.24. The lowest BCUT2D eigenvalue weighted by atomic mass is 10.1. The van der Waals surface area contributed by atoms with Crippen molar-refractivity contribution < 1.29 is 9.53 Å². The highest BCUT2D eigenvalue weighted by atomic mass is 32.2. The molecule has 1 N–H and O–H groups in total. The van der Waals surface area contributed by atoms with Crippen LogP contribution in [0.15, 0.2) is 59.8 Å². The highest BCUT2D eigenvalue weighted by Crippen LogP contribution is 2.34.